The summed E-state index contributed by atoms with van der Waals surface area (Å²) in [5.74, 6) is -0.876. The summed E-state index contributed by atoms with van der Waals surface area (Å²) < 4.78 is 4.81. The highest BCUT2D eigenvalue weighted by atomic mass is 16.5. The zero-order valence-corrected chi connectivity index (χ0v) is 7.47. The van der Waals surface area contributed by atoms with E-state index < -0.39 is 13.1 Å². The van der Waals surface area contributed by atoms with E-state index in [0.29, 0.717) is 5.75 Å². The Morgan fingerprint density at radius 1 is 1.43 bits per heavy atom. The Morgan fingerprint density at radius 3 is 2.50 bits per heavy atom. The van der Waals surface area contributed by atoms with Crippen LogP contribution >= 0.6 is 0 Å². The number of methoxy groups -OCH3 is 1. The van der Waals surface area contributed by atoms with Gasteiger partial charge in [0.2, 0.25) is 0 Å². The van der Waals surface area contributed by atoms with Crippen LogP contribution in [-0.4, -0.2) is 35.4 Å². The van der Waals surface area contributed by atoms with Crippen LogP contribution in [0, 0.1) is 0 Å². The number of benzene rings is 1. The quantitative estimate of drug-likeness (QED) is 0.543. The van der Waals surface area contributed by atoms with Gasteiger partial charge in [0, 0.05) is 0 Å². The van der Waals surface area contributed by atoms with Crippen molar-refractivity contribution in [1.82, 2.24) is 0 Å². The largest absolute Gasteiger partial charge is 0.497 e. The minimum Gasteiger partial charge on any atom is -0.497 e. The molecule has 74 valence electrons. The molecule has 0 spiro atoms. The zero-order chi connectivity index (χ0) is 10.7. The van der Waals surface area contributed by atoms with E-state index in [1.165, 1.54) is 25.3 Å². The van der Waals surface area contributed by atoms with Gasteiger partial charge in [-0.1, -0.05) is 6.07 Å². The number of hydrogen-bond donors (Lipinski definition) is 3. The molecule has 0 amide bonds. The Kier molecular flexibility index (Phi) is 3.11. The van der Waals surface area contributed by atoms with Crippen LogP contribution in [0.1, 0.15) is 10.4 Å². The SMILES string of the molecule is COc1ccc(B(O)O)c(C(=O)O)c1. The lowest BCUT2D eigenvalue weighted by Gasteiger charge is -2.06. The van der Waals surface area contributed by atoms with Gasteiger partial charge in [0.05, 0.1) is 12.7 Å². The maximum atomic E-state index is 10.7. The number of carboxylic acids is 1. The molecule has 5 nitrogen and oxygen atoms in total. The van der Waals surface area contributed by atoms with Crippen LogP contribution in [0.2, 0.25) is 0 Å². The van der Waals surface area contributed by atoms with E-state index in [9.17, 15) is 4.79 Å². The van der Waals surface area contributed by atoms with E-state index in [0.717, 1.165) is 0 Å². The second kappa shape index (κ2) is 4.12. The molecule has 0 aliphatic heterocycles. The van der Waals surface area contributed by atoms with Crippen molar-refractivity contribution in [1.29, 1.82) is 0 Å². The Morgan fingerprint density at radius 2 is 2.07 bits per heavy atom. The van der Waals surface area contributed by atoms with Crippen LogP contribution in [0.15, 0.2) is 18.2 Å². The van der Waals surface area contributed by atoms with Gasteiger partial charge in [-0.3, -0.25) is 0 Å². The van der Waals surface area contributed by atoms with E-state index in [1.807, 2.05) is 0 Å². The highest BCUT2D eigenvalue weighted by Gasteiger charge is 2.20. The lowest BCUT2D eigenvalue weighted by molar-refractivity contribution is 0.0697. The van der Waals surface area contributed by atoms with Gasteiger partial charge in [-0.05, 0) is 17.6 Å². The Balaban J connectivity index is 3.24. The van der Waals surface area contributed by atoms with Gasteiger partial charge in [0.25, 0.3) is 0 Å². The summed E-state index contributed by atoms with van der Waals surface area (Å²) in [6.45, 7) is 0. The molecule has 0 unspecified atom stereocenters. The van der Waals surface area contributed by atoms with Gasteiger partial charge in [0.1, 0.15) is 5.75 Å². The molecule has 0 fully saturated rings. The van der Waals surface area contributed by atoms with Gasteiger partial charge in [-0.2, -0.15) is 0 Å². The molecule has 0 aromatic heterocycles. The highest BCUT2D eigenvalue weighted by molar-refractivity contribution is 6.60. The molecule has 0 aliphatic rings. The van der Waals surface area contributed by atoms with Gasteiger partial charge in [-0.25, -0.2) is 4.79 Å². The highest BCUT2D eigenvalue weighted by Crippen LogP contribution is 2.11. The van der Waals surface area contributed by atoms with Gasteiger partial charge in [-0.15, -0.1) is 0 Å². The van der Waals surface area contributed by atoms with Crippen molar-refractivity contribution in [2.45, 2.75) is 0 Å². The van der Waals surface area contributed by atoms with Crippen molar-refractivity contribution in [3.8, 4) is 5.75 Å². The molecule has 0 heterocycles. The van der Waals surface area contributed by atoms with Crippen molar-refractivity contribution in [3.05, 3.63) is 23.8 Å². The van der Waals surface area contributed by atoms with Crippen LogP contribution < -0.4 is 10.2 Å². The Bertz CT molecular complexity index is 350. The molecule has 0 saturated heterocycles. The first-order chi connectivity index (χ1) is 6.56. The summed E-state index contributed by atoms with van der Waals surface area (Å²) in [6.07, 6.45) is 0. The molecule has 1 aromatic rings. The lowest BCUT2D eigenvalue weighted by atomic mass is 9.77. The smallest absolute Gasteiger partial charge is 0.489 e. The standard InChI is InChI=1S/C8H9BO5/c1-14-5-2-3-7(9(12)13)6(4-5)8(10)11/h2-4,12-13H,1H3,(H,10,11). The topological polar surface area (TPSA) is 87.0 Å². The first kappa shape index (κ1) is 10.6. The van der Waals surface area contributed by atoms with Crippen LogP contribution in [-0.2, 0) is 0 Å². The van der Waals surface area contributed by atoms with Crippen LogP contribution in [0.25, 0.3) is 0 Å². The first-order valence-corrected chi connectivity index (χ1v) is 3.83. The van der Waals surface area contributed by atoms with Crippen LogP contribution in [0.3, 0.4) is 0 Å². The van der Waals surface area contributed by atoms with E-state index >= 15 is 0 Å². The lowest BCUT2D eigenvalue weighted by Crippen LogP contribution is -2.34. The molecule has 0 radical (unpaired) electrons. The molecule has 0 atom stereocenters. The van der Waals surface area contributed by atoms with Crippen LogP contribution in [0.4, 0.5) is 0 Å². The Hall–Kier alpha value is -1.53. The molecule has 0 saturated carbocycles. The summed E-state index contributed by atoms with van der Waals surface area (Å²) in [6, 6.07) is 3.99. The van der Waals surface area contributed by atoms with Crippen LogP contribution in [0.5, 0.6) is 5.75 Å². The number of ether oxygens (including phenoxy) is 1. The first-order valence-electron chi connectivity index (χ1n) is 3.83. The number of hydrogen-bond acceptors (Lipinski definition) is 4. The number of carbonyl (C=O) groups is 1. The molecule has 0 aliphatic carbocycles. The number of carboxylic acid groups (broad SMARTS) is 1. The average Bonchev–Trinajstić information content (AvgIpc) is 2.16. The van der Waals surface area contributed by atoms with E-state index in [-0.39, 0.29) is 11.0 Å². The summed E-state index contributed by atoms with van der Waals surface area (Å²) in [5, 5.41) is 26.5. The second-order valence-electron chi connectivity index (χ2n) is 2.63. The van der Waals surface area contributed by atoms with Crippen molar-refractivity contribution in [2.24, 2.45) is 0 Å². The summed E-state index contributed by atoms with van der Waals surface area (Å²) >= 11 is 0. The van der Waals surface area contributed by atoms with E-state index in [4.69, 9.17) is 19.9 Å². The van der Waals surface area contributed by atoms with Gasteiger partial charge >= 0.3 is 13.1 Å². The van der Waals surface area contributed by atoms with Crippen molar-refractivity contribution >= 4 is 18.6 Å². The van der Waals surface area contributed by atoms with E-state index in [2.05, 4.69) is 0 Å². The molecule has 6 heteroatoms. The summed E-state index contributed by atoms with van der Waals surface area (Å²) in [4.78, 5) is 10.7. The van der Waals surface area contributed by atoms with Gasteiger partial charge in [0.15, 0.2) is 0 Å². The maximum Gasteiger partial charge on any atom is 0.489 e. The van der Waals surface area contributed by atoms with Crippen molar-refractivity contribution in [2.75, 3.05) is 7.11 Å². The third-order valence-electron chi connectivity index (χ3n) is 1.77. The fourth-order valence-electron chi connectivity index (χ4n) is 1.07. The van der Waals surface area contributed by atoms with Crippen molar-refractivity contribution in [3.63, 3.8) is 0 Å². The predicted octanol–water partition coefficient (Wildman–Crippen LogP) is -0.927. The predicted molar refractivity (Wildman–Crippen MR) is 49.8 cm³/mol. The fourth-order valence-corrected chi connectivity index (χ4v) is 1.07. The summed E-state index contributed by atoms with van der Waals surface area (Å²) in [7, 11) is -0.400. The molecular weight excluding hydrogens is 187 g/mol. The molecule has 1 aromatic carbocycles. The fraction of sp³-hybridized carbons (Fsp3) is 0.125. The van der Waals surface area contributed by atoms with Gasteiger partial charge < -0.3 is 19.9 Å². The molecule has 0 bridgehead atoms. The number of rotatable bonds is 3. The Labute approximate surface area is 80.7 Å². The number of aromatic carboxylic acids is 1. The maximum absolute atomic E-state index is 10.7. The minimum atomic E-state index is -1.80. The monoisotopic (exact) mass is 196 g/mol. The minimum absolute atomic E-state index is 0.0571. The molecule has 3 N–H and O–H groups in total. The normalized spacial score (nSPS) is 9.64. The molecular formula is C8H9BO5. The summed E-state index contributed by atoms with van der Waals surface area (Å²) in [5.41, 5.74) is -0.238. The molecule has 1 rings (SSSR count). The van der Waals surface area contributed by atoms with E-state index in [1.54, 1.807) is 0 Å². The zero-order valence-electron chi connectivity index (χ0n) is 7.47. The second-order valence-corrected chi connectivity index (χ2v) is 2.63. The third-order valence-corrected chi connectivity index (χ3v) is 1.77. The third kappa shape index (κ3) is 2.04. The average molecular weight is 196 g/mol. The van der Waals surface area contributed by atoms with Crippen molar-refractivity contribution < 1.29 is 24.7 Å². The molecule has 14 heavy (non-hydrogen) atoms.